The number of nitrogens with zero attached hydrogens (tertiary/aromatic N) is 2. The van der Waals surface area contributed by atoms with E-state index in [1.807, 2.05) is 6.07 Å². The monoisotopic (exact) mass is 327 g/mol. The molecule has 0 aliphatic carbocycles. The van der Waals surface area contributed by atoms with E-state index in [0.29, 0.717) is 6.04 Å². The maximum Gasteiger partial charge on any atom is 0.270 e. The molecule has 0 amide bonds. The first-order chi connectivity index (χ1) is 9.11. The molecule has 6 heteroatoms. The van der Waals surface area contributed by atoms with Crippen molar-refractivity contribution in [2.24, 2.45) is 0 Å². The Morgan fingerprint density at radius 3 is 2.89 bits per heavy atom. The van der Waals surface area contributed by atoms with E-state index in [-0.39, 0.29) is 10.6 Å². The van der Waals surface area contributed by atoms with Crippen molar-refractivity contribution in [3.05, 3.63) is 38.3 Å². The highest BCUT2D eigenvalue weighted by atomic mass is 79.9. The van der Waals surface area contributed by atoms with Crippen LogP contribution in [0.5, 0.6) is 0 Å². The van der Waals surface area contributed by atoms with Crippen LogP contribution in [-0.2, 0) is 6.54 Å². The van der Waals surface area contributed by atoms with Gasteiger partial charge in [0.05, 0.1) is 4.92 Å². The van der Waals surface area contributed by atoms with Crippen LogP contribution in [0.1, 0.15) is 18.9 Å². The smallest absolute Gasteiger partial charge is 0.270 e. The average molecular weight is 328 g/mol. The van der Waals surface area contributed by atoms with Crippen LogP contribution in [0, 0.1) is 10.1 Å². The Bertz CT molecular complexity index is 461. The lowest BCUT2D eigenvalue weighted by Crippen LogP contribution is -2.36. The number of hydrogen-bond donors (Lipinski definition) is 1. The van der Waals surface area contributed by atoms with Gasteiger partial charge >= 0.3 is 0 Å². The Morgan fingerprint density at radius 2 is 2.37 bits per heavy atom. The molecule has 5 nitrogen and oxygen atoms in total. The molecule has 2 rings (SSSR count). The molecule has 0 spiro atoms. The molecule has 0 radical (unpaired) electrons. The Morgan fingerprint density at radius 1 is 1.58 bits per heavy atom. The number of nitrogens with one attached hydrogen (secondary N) is 1. The van der Waals surface area contributed by atoms with Crippen LogP contribution in [0.15, 0.2) is 22.7 Å². The fraction of sp³-hybridized carbons (Fsp3) is 0.538. The quantitative estimate of drug-likeness (QED) is 0.667. The number of nitro benzene ring substituents is 1. The van der Waals surface area contributed by atoms with Crippen molar-refractivity contribution < 1.29 is 4.92 Å². The number of rotatable bonds is 5. The van der Waals surface area contributed by atoms with Gasteiger partial charge in [0.1, 0.15) is 0 Å². The second-order valence-corrected chi connectivity index (χ2v) is 5.60. The van der Waals surface area contributed by atoms with Gasteiger partial charge in [-0.05, 0) is 31.1 Å². The molecule has 1 aliphatic heterocycles. The third-order valence-corrected chi connectivity index (χ3v) is 4.32. The predicted molar refractivity (Wildman–Crippen MR) is 78.2 cm³/mol. The number of likely N-dealkylation sites (N-methyl/N-ethyl adjacent to an activating group) is 1. The molecule has 1 heterocycles. The standard InChI is InChI=1S/C13H18BrN3O2/c1-2-16(12-5-6-15-8-12)9-10-3-4-11(17(18)19)7-13(10)14/h3-4,7,12,15H,2,5-6,8-9H2,1H3. The molecule has 1 fully saturated rings. The highest BCUT2D eigenvalue weighted by Crippen LogP contribution is 2.25. The van der Waals surface area contributed by atoms with Crippen molar-refractivity contribution >= 4 is 21.6 Å². The predicted octanol–water partition coefficient (Wildman–Crippen LogP) is 2.54. The average Bonchev–Trinajstić information content (AvgIpc) is 2.91. The second-order valence-electron chi connectivity index (χ2n) is 4.74. The summed E-state index contributed by atoms with van der Waals surface area (Å²) in [7, 11) is 0. The summed E-state index contributed by atoms with van der Waals surface area (Å²) in [4.78, 5) is 12.8. The van der Waals surface area contributed by atoms with Gasteiger partial charge in [-0.25, -0.2) is 0 Å². The summed E-state index contributed by atoms with van der Waals surface area (Å²) in [5, 5.41) is 14.1. The third kappa shape index (κ3) is 3.52. The molecule has 1 aromatic rings. The zero-order valence-corrected chi connectivity index (χ0v) is 12.5. The molecular weight excluding hydrogens is 310 g/mol. The largest absolute Gasteiger partial charge is 0.315 e. The second kappa shape index (κ2) is 6.45. The molecule has 1 aromatic carbocycles. The van der Waals surface area contributed by atoms with Gasteiger partial charge in [-0.1, -0.05) is 22.9 Å². The fourth-order valence-electron chi connectivity index (χ4n) is 2.45. The Hall–Kier alpha value is -0.980. The van der Waals surface area contributed by atoms with Crippen LogP contribution in [0.4, 0.5) is 5.69 Å². The molecular formula is C13H18BrN3O2. The zero-order valence-electron chi connectivity index (χ0n) is 10.9. The molecule has 1 saturated heterocycles. The summed E-state index contributed by atoms with van der Waals surface area (Å²) in [6, 6.07) is 5.55. The topological polar surface area (TPSA) is 58.4 Å². The minimum absolute atomic E-state index is 0.126. The van der Waals surface area contributed by atoms with Gasteiger partial charge in [-0.2, -0.15) is 0 Å². The van der Waals surface area contributed by atoms with Crippen LogP contribution in [0.2, 0.25) is 0 Å². The lowest BCUT2D eigenvalue weighted by molar-refractivity contribution is -0.384. The van der Waals surface area contributed by atoms with Gasteiger partial charge in [0.15, 0.2) is 0 Å². The van der Waals surface area contributed by atoms with Crippen molar-refractivity contribution in [2.75, 3.05) is 19.6 Å². The van der Waals surface area contributed by atoms with Crippen LogP contribution < -0.4 is 5.32 Å². The lowest BCUT2D eigenvalue weighted by Gasteiger charge is -2.27. The molecule has 1 atom stereocenters. The maximum atomic E-state index is 10.7. The van der Waals surface area contributed by atoms with E-state index >= 15 is 0 Å². The van der Waals surface area contributed by atoms with E-state index in [9.17, 15) is 10.1 Å². The Labute approximate surface area is 121 Å². The molecule has 0 bridgehead atoms. The van der Waals surface area contributed by atoms with E-state index in [1.165, 1.54) is 6.42 Å². The molecule has 0 saturated carbocycles. The summed E-state index contributed by atoms with van der Waals surface area (Å²) in [5.74, 6) is 0. The van der Waals surface area contributed by atoms with Crippen molar-refractivity contribution in [2.45, 2.75) is 25.9 Å². The van der Waals surface area contributed by atoms with E-state index < -0.39 is 0 Å². The number of non-ortho nitro benzene ring substituents is 1. The van der Waals surface area contributed by atoms with Gasteiger partial charge in [0, 0.05) is 35.7 Å². The van der Waals surface area contributed by atoms with Crippen LogP contribution in [0.25, 0.3) is 0 Å². The summed E-state index contributed by atoms with van der Waals surface area (Å²) in [5.41, 5.74) is 1.22. The van der Waals surface area contributed by atoms with E-state index in [0.717, 1.165) is 36.2 Å². The number of halogens is 1. The van der Waals surface area contributed by atoms with Gasteiger partial charge in [0.2, 0.25) is 0 Å². The van der Waals surface area contributed by atoms with Gasteiger partial charge < -0.3 is 5.32 Å². The van der Waals surface area contributed by atoms with Crippen molar-refractivity contribution in [3.63, 3.8) is 0 Å². The highest BCUT2D eigenvalue weighted by Gasteiger charge is 2.22. The molecule has 0 aromatic heterocycles. The summed E-state index contributed by atoms with van der Waals surface area (Å²) in [6.07, 6.45) is 1.17. The molecule has 19 heavy (non-hydrogen) atoms. The SMILES string of the molecule is CCN(Cc1ccc([N+](=O)[O-])cc1Br)C1CCNC1. The third-order valence-electron chi connectivity index (χ3n) is 3.58. The molecule has 1 aliphatic rings. The van der Waals surface area contributed by atoms with Crippen molar-refractivity contribution in [1.29, 1.82) is 0 Å². The van der Waals surface area contributed by atoms with Crippen molar-refractivity contribution in [1.82, 2.24) is 10.2 Å². The highest BCUT2D eigenvalue weighted by molar-refractivity contribution is 9.10. The number of benzene rings is 1. The number of hydrogen-bond acceptors (Lipinski definition) is 4. The molecule has 104 valence electrons. The fourth-order valence-corrected chi connectivity index (χ4v) is 2.94. The van der Waals surface area contributed by atoms with Crippen LogP contribution in [-0.4, -0.2) is 35.5 Å². The normalized spacial score (nSPS) is 19.0. The first-order valence-corrected chi connectivity index (χ1v) is 7.28. The zero-order chi connectivity index (χ0) is 13.8. The first-order valence-electron chi connectivity index (χ1n) is 6.49. The maximum absolute atomic E-state index is 10.7. The molecule has 1 N–H and O–H groups in total. The van der Waals surface area contributed by atoms with Gasteiger partial charge in [0.25, 0.3) is 5.69 Å². The van der Waals surface area contributed by atoms with E-state index in [1.54, 1.807) is 12.1 Å². The van der Waals surface area contributed by atoms with Gasteiger partial charge in [-0.3, -0.25) is 15.0 Å². The molecule has 1 unspecified atom stereocenters. The van der Waals surface area contributed by atoms with Gasteiger partial charge in [-0.15, -0.1) is 0 Å². The van der Waals surface area contributed by atoms with Crippen LogP contribution in [0.3, 0.4) is 0 Å². The summed E-state index contributed by atoms with van der Waals surface area (Å²) >= 11 is 3.43. The van der Waals surface area contributed by atoms with Crippen molar-refractivity contribution in [3.8, 4) is 0 Å². The first kappa shape index (κ1) is 14.4. The summed E-state index contributed by atoms with van der Waals surface area (Å²) in [6.45, 7) is 6.05. The van der Waals surface area contributed by atoms with E-state index in [4.69, 9.17) is 0 Å². The number of nitro groups is 1. The van der Waals surface area contributed by atoms with Crippen LogP contribution >= 0.6 is 15.9 Å². The van der Waals surface area contributed by atoms with E-state index in [2.05, 4.69) is 33.1 Å². The lowest BCUT2D eigenvalue weighted by atomic mass is 10.1. The Balaban J connectivity index is 2.10. The summed E-state index contributed by atoms with van der Waals surface area (Å²) < 4.78 is 0.811. The minimum atomic E-state index is -0.368. The minimum Gasteiger partial charge on any atom is -0.315 e. The Kier molecular flexibility index (Phi) is 4.90.